The number of pyridine rings is 1. The monoisotopic (exact) mass is 825 g/mol. The summed E-state index contributed by atoms with van der Waals surface area (Å²) in [6.07, 6.45) is -4.78. The molecule has 2 aromatic heterocycles. The van der Waals surface area contributed by atoms with Crippen molar-refractivity contribution in [2.24, 2.45) is 16.7 Å². The third-order valence-electron chi connectivity index (χ3n) is 12.0. The van der Waals surface area contributed by atoms with Crippen molar-refractivity contribution < 1.29 is 46.5 Å². The number of halogens is 4. The van der Waals surface area contributed by atoms with E-state index in [0.29, 0.717) is 45.6 Å². The highest BCUT2D eigenvalue weighted by Crippen LogP contribution is 2.76. The van der Waals surface area contributed by atoms with Crippen molar-refractivity contribution in [1.29, 1.82) is 0 Å². The van der Waals surface area contributed by atoms with Gasteiger partial charge in [0.15, 0.2) is 0 Å². The van der Waals surface area contributed by atoms with Gasteiger partial charge in [-0.05, 0) is 67.3 Å². The summed E-state index contributed by atoms with van der Waals surface area (Å²) in [7, 11) is 1.56. The van der Waals surface area contributed by atoms with Crippen LogP contribution in [0.4, 0.5) is 23.2 Å². The normalized spacial score (nSPS) is 24.6. The number of hydrogen-bond acceptors (Lipinski definition) is 9. The number of benzene rings is 2. The molecule has 16 heteroatoms. The van der Waals surface area contributed by atoms with Crippen molar-refractivity contribution in [3.63, 3.8) is 0 Å². The molecule has 11 nitrogen and oxygen atoms in total. The first-order valence-corrected chi connectivity index (χ1v) is 20.1. The predicted molar refractivity (Wildman–Crippen MR) is 210 cm³/mol. The second kappa shape index (κ2) is 14.4. The summed E-state index contributed by atoms with van der Waals surface area (Å²) in [5.74, 6) is -2.35. The maximum absolute atomic E-state index is 14.8. The van der Waals surface area contributed by atoms with Crippen LogP contribution in [0.1, 0.15) is 83.5 Å². The molecule has 4 aromatic rings. The van der Waals surface area contributed by atoms with Gasteiger partial charge in [-0.15, -0.1) is 11.3 Å². The van der Waals surface area contributed by atoms with Gasteiger partial charge in [0, 0.05) is 39.9 Å². The maximum Gasteiger partial charge on any atom is 0.416 e. The second-order valence-electron chi connectivity index (χ2n) is 17.3. The topological polar surface area (TPSA) is 143 Å². The summed E-state index contributed by atoms with van der Waals surface area (Å²) in [6.45, 7) is 12.8. The number of carboxylic acid groups (broad SMARTS) is 1. The van der Waals surface area contributed by atoms with E-state index >= 15 is 0 Å². The SMILES string of the molecule is COc1ccc2c(O[C@@H]3C[C@@H](C(=O)N[C@]4(C(=O)O)CC45C[C@@H]5C)N(C(=O)[C@@H](Nc4cc(F)cc(C(F)(F)F)c4)C(C)(C)C)C3)cc(-c3nc(C(C)C)cs3)nc2c1C. The van der Waals surface area contributed by atoms with Crippen LogP contribution in [0.5, 0.6) is 11.5 Å². The Morgan fingerprint density at radius 3 is 2.34 bits per heavy atom. The fourth-order valence-corrected chi connectivity index (χ4v) is 9.35. The van der Waals surface area contributed by atoms with Crippen LogP contribution in [0.3, 0.4) is 0 Å². The standard InChI is InChI=1S/C42H47F4N5O6S/c1-20(2)29-18-58-36(49-29)28-15-32(27-9-10-31(56-8)22(4)33(27)48-28)57-26-14-30(35(52)50-41(38(54)55)19-40(41)16-21(40)3)51(17-26)37(53)34(39(5,6)7)47-25-12-23(42(44,45)46)11-24(43)13-25/h9-13,15,18,20-21,26,30,34,47H,14,16-17,19H2,1-8H3,(H,50,52)(H,54,55)/t21-,26+,30-,34+,40?,41-/m0/s1. The Kier molecular flexibility index (Phi) is 10.2. The van der Waals surface area contributed by atoms with Gasteiger partial charge in [-0.1, -0.05) is 41.5 Å². The molecule has 7 rings (SSSR count). The van der Waals surface area contributed by atoms with E-state index in [-0.39, 0.29) is 36.9 Å². The van der Waals surface area contributed by atoms with Crippen molar-refractivity contribution in [2.45, 2.75) is 104 Å². The number of aliphatic carboxylic acids is 1. The highest BCUT2D eigenvalue weighted by Gasteiger charge is 2.83. The van der Waals surface area contributed by atoms with E-state index in [1.165, 1.54) is 16.2 Å². The van der Waals surface area contributed by atoms with E-state index in [1.807, 2.05) is 39.1 Å². The smallest absolute Gasteiger partial charge is 0.416 e. The van der Waals surface area contributed by atoms with Crippen molar-refractivity contribution in [3.8, 4) is 22.2 Å². The van der Waals surface area contributed by atoms with E-state index in [1.54, 1.807) is 40.0 Å². The molecule has 2 amide bonds. The predicted octanol–water partition coefficient (Wildman–Crippen LogP) is 8.20. The number of carboxylic acids is 1. The molecule has 1 spiro atoms. The lowest BCUT2D eigenvalue weighted by Crippen LogP contribution is -2.57. The van der Waals surface area contributed by atoms with Gasteiger partial charge in [0.05, 0.1) is 30.4 Å². The Morgan fingerprint density at radius 1 is 1.07 bits per heavy atom. The Labute approximate surface area is 337 Å². The van der Waals surface area contributed by atoms with Gasteiger partial charge < -0.3 is 30.1 Å². The molecule has 3 fully saturated rings. The fraction of sp³-hybridized carbons (Fsp3) is 0.500. The van der Waals surface area contributed by atoms with E-state index in [9.17, 15) is 37.1 Å². The molecule has 0 radical (unpaired) electrons. The van der Waals surface area contributed by atoms with Crippen molar-refractivity contribution >= 4 is 45.7 Å². The zero-order chi connectivity index (χ0) is 42.3. The summed E-state index contributed by atoms with van der Waals surface area (Å²) in [5.41, 5.74) is -1.72. The molecule has 3 heterocycles. The zero-order valence-electron chi connectivity index (χ0n) is 33.5. The third kappa shape index (κ3) is 7.32. The first-order chi connectivity index (χ1) is 27.1. The number of anilines is 1. The second-order valence-corrected chi connectivity index (χ2v) is 18.2. The first kappa shape index (κ1) is 41.2. The molecule has 2 aliphatic carbocycles. The molecule has 1 unspecified atom stereocenters. The molecule has 310 valence electrons. The Hall–Kier alpha value is -4.99. The van der Waals surface area contributed by atoms with Crippen LogP contribution in [0.15, 0.2) is 41.8 Å². The van der Waals surface area contributed by atoms with Crippen molar-refractivity contribution in [2.75, 3.05) is 19.0 Å². The first-order valence-electron chi connectivity index (χ1n) is 19.2. The third-order valence-corrected chi connectivity index (χ3v) is 12.8. The van der Waals surface area contributed by atoms with Gasteiger partial charge in [-0.3, -0.25) is 9.59 Å². The Bertz CT molecular complexity index is 2310. The number of carbonyl (C=O) groups excluding carboxylic acids is 2. The average Bonchev–Trinajstić information content (AvgIpc) is 3.73. The molecular weight excluding hydrogens is 779 g/mol. The minimum absolute atomic E-state index is 0.0338. The molecule has 1 aliphatic heterocycles. The number of nitrogens with zero attached hydrogens (tertiary/aromatic N) is 3. The molecule has 6 atom stereocenters. The lowest BCUT2D eigenvalue weighted by atomic mass is 9.85. The number of aryl methyl sites for hydroxylation is 1. The van der Waals surface area contributed by atoms with Crippen LogP contribution in [-0.4, -0.2) is 75.1 Å². The van der Waals surface area contributed by atoms with Gasteiger partial charge in [0.25, 0.3) is 0 Å². The lowest BCUT2D eigenvalue weighted by Gasteiger charge is -2.36. The number of fused-ring (bicyclic) bond motifs is 1. The summed E-state index contributed by atoms with van der Waals surface area (Å²) in [4.78, 5) is 52.8. The minimum Gasteiger partial charge on any atom is -0.496 e. The molecule has 1 saturated heterocycles. The quantitative estimate of drug-likeness (QED) is 0.128. The average molecular weight is 826 g/mol. The number of rotatable bonds is 11. The number of alkyl halides is 3. The van der Waals surface area contributed by atoms with E-state index in [2.05, 4.69) is 10.6 Å². The minimum atomic E-state index is -4.85. The molecular formula is C42H47F4N5O6S. The number of nitrogens with one attached hydrogen (secondary N) is 2. The number of carbonyl (C=O) groups is 3. The van der Waals surface area contributed by atoms with Crippen LogP contribution in [0.2, 0.25) is 0 Å². The number of hydrogen-bond donors (Lipinski definition) is 3. The molecule has 2 saturated carbocycles. The molecule has 58 heavy (non-hydrogen) atoms. The zero-order valence-corrected chi connectivity index (χ0v) is 34.3. The molecule has 2 aromatic carbocycles. The number of aromatic nitrogens is 2. The fourth-order valence-electron chi connectivity index (χ4n) is 8.41. The van der Waals surface area contributed by atoms with Gasteiger partial charge in [-0.25, -0.2) is 19.2 Å². The summed E-state index contributed by atoms with van der Waals surface area (Å²) < 4.78 is 67.9. The summed E-state index contributed by atoms with van der Waals surface area (Å²) in [5, 5.41) is 19.2. The molecule has 3 N–H and O–H groups in total. The van der Waals surface area contributed by atoms with Gasteiger partial charge in [0.1, 0.15) is 51.7 Å². The van der Waals surface area contributed by atoms with Crippen LogP contribution in [0, 0.1) is 29.5 Å². The van der Waals surface area contributed by atoms with Crippen LogP contribution < -0.4 is 20.1 Å². The summed E-state index contributed by atoms with van der Waals surface area (Å²) >= 11 is 1.44. The van der Waals surface area contributed by atoms with Gasteiger partial charge in [0.2, 0.25) is 11.8 Å². The Balaban J connectivity index is 1.26. The van der Waals surface area contributed by atoms with E-state index in [0.717, 1.165) is 23.4 Å². The summed E-state index contributed by atoms with van der Waals surface area (Å²) in [6, 6.07) is 4.87. The molecule has 0 bridgehead atoms. The lowest BCUT2D eigenvalue weighted by molar-refractivity contribution is -0.146. The van der Waals surface area contributed by atoms with E-state index in [4.69, 9.17) is 19.4 Å². The van der Waals surface area contributed by atoms with Crippen LogP contribution in [0.25, 0.3) is 21.6 Å². The number of thiazole rings is 1. The number of ether oxygens (including phenoxy) is 2. The van der Waals surface area contributed by atoms with Crippen molar-refractivity contribution in [3.05, 3.63) is 64.4 Å². The Morgan fingerprint density at radius 2 is 1.78 bits per heavy atom. The van der Waals surface area contributed by atoms with Crippen LogP contribution >= 0.6 is 11.3 Å². The van der Waals surface area contributed by atoms with Crippen molar-refractivity contribution in [1.82, 2.24) is 20.2 Å². The maximum atomic E-state index is 14.8. The van der Waals surface area contributed by atoms with E-state index < -0.39 is 69.9 Å². The number of likely N-dealkylation sites (tertiary alicyclic amines) is 1. The number of amides is 2. The van der Waals surface area contributed by atoms with Gasteiger partial charge in [-0.2, -0.15) is 13.2 Å². The van der Waals surface area contributed by atoms with Crippen LogP contribution in [-0.2, 0) is 20.6 Å². The molecule has 3 aliphatic rings. The highest BCUT2D eigenvalue weighted by molar-refractivity contribution is 7.13. The number of methoxy groups -OCH3 is 1. The largest absolute Gasteiger partial charge is 0.496 e. The van der Waals surface area contributed by atoms with Gasteiger partial charge >= 0.3 is 12.1 Å². The highest BCUT2D eigenvalue weighted by atomic mass is 32.1.